The van der Waals surface area contributed by atoms with Crippen molar-refractivity contribution in [3.63, 3.8) is 0 Å². The fraction of sp³-hybridized carbons (Fsp3) is 0.571. The van der Waals surface area contributed by atoms with Crippen molar-refractivity contribution in [2.45, 2.75) is 23.6 Å². The smallest absolute Gasteiger partial charge is 0.243 e. The Morgan fingerprint density at radius 1 is 1.04 bits per heavy atom. The third-order valence-electron chi connectivity index (χ3n) is 3.86. The number of rotatable bonds is 6. The van der Waals surface area contributed by atoms with Gasteiger partial charge in [0.2, 0.25) is 20.0 Å². The monoisotopic (exact) mass is 397 g/mol. The zero-order valence-electron chi connectivity index (χ0n) is 13.8. The molecule has 1 aliphatic rings. The molecule has 1 aromatic carbocycles. The molecule has 24 heavy (non-hydrogen) atoms. The third-order valence-corrected chi connectivity index (χ3v) is 7.80. The first-order valence-electron chi connectivity index (χ1n) is 7.65. The van der Waals surface area contributed by atoms with E-state index in [1.807, 2.05) is 0 Å². The molecule has 1 heterocycles. The lowest BCUT2D eigenvalue weighted by molar-refractivity contribution is 0.360. The summed E-state index contributed by atoms with van der Waals surface area (Å²) >= 11 is 0. The Kier molecular flexibility index (Phi) is 7.64. The number of hydrogen-bond acceptors (Lipinski definition) is 5. The van der Waals surface area contributed by atoms with Crippen LogP contribution in [0.15, 0.2) is 34.1 Å². The number of halogens is 1. The van der Waals surface area contributed by atoms with Gasteiger partial charge in [0, 0.05) is 39.3 Å². The van der Waals surface area contributed by atoms with Crippen LogP contribution in [0.1, 0.15) is 13.8 Å². The van der Waals surface area contributed by atoms with Crippen LogP contribution in [0.25, 0.3) is 0 Å². The van der Waals surface area contributed by atoms with Crippen molar-refractivity contribution in [3.05, 3.63) is 24.3 Å². The van der Waals surface area contributed by atoms with Crippen molar-refractivity contribution in [3.8, 4) is 0 Å². The van der Waals surface area contributed by atoms with Crippen molar-refractivity contribution < 1.29 is 16.8 Å². The SMILES string of the molecule is CCN(CC)S(=O)(=O)c1cccc(S(=O)(=O)N2CCNCC2)c1.Cl. The summed E-state index contributed by atoms with van der Waals surface area (Å²) in [5.74, 6) is 0. The lowest BCUT2D eigenvalue weighted by Crippen LogP contribution is -2.46. The van der Waals surface area contributed by atoms with Crippen LogP contribution in [0.3, 0.4) is 0 Å². The van der Waals surface area contributed by atoms with Gasteiger partial charge in [0.05, 0.1) is 9.79 Å². The summed E-state index contributed by atoms with van der Waals surface area (Å²) in [6.07, 6.45) is 0. The van der Waals surface area contributed by atoms with Crippen LogP contribution in [0.5, 0.6) is 0 Å². The largest absolute Gasteiger partial charge is 0.314 e. The van der Waals surface area contributed by atoms with Crippen molar-refractivity contribution in [2.75, 3.05) is 39.3 Å². The highest BCUT2D eigenvalue weighted by molar-refractivity contribution is 7.90. The molecule has 0 unspecified atom stereocenters. The molecule has 0 bridgehead atoms. The van der Waals surface area contributed by atoms with Gasteiger partial charge in [-0.2, -0.15) is 8.61 Å². The third kappa shape index (κ3) is 4.27. The molecule has 0 atom stereocenters. The lowest BCUT2D eigenvalue weighted by atomic mass is 10.4. The van der Waals surface area contributed by atoms with E-state index in [4.69, 9.17) is 0 Å². The van der Waals surface area contributed by atoms with E-state index in [9.17, 15) is 16.8 Å². The quantitative estimate of drug-likeness (QED) is 0.764. The zero-order chi connectivity index (χ0) is 17.1. The molecule has 7 nitrogen and oxygen atoms in total. The van der Waals surface area contributed by atoms with E-state index in [0.29, 0.717) is 39.3 Å². The molecule has 1 aromatic rings. The molecule has 0 saturated carbocycles. The second kappa shape index (κ2) is 8.59. The molecule has 1 saturated heterocycles. The molecule has 0 aliphatic carbocycles. The minimum Gasteiger partial charge on any atom is -0.314 e. The molecule has 1 N–H and O–H groups in total. The van der Waals surface area contributed by atoms with Gasteiger partial charge >= 0.3 is 0 Å². The summed E-state index contributed by atoms with van der Waals surface area (Å²) < 4.78 is 53.1. The standard InChI is InChI=1S/C14H23N3O4S2.ClH/c1-3-16(4-2)22(18,19)13-6-5-7-14(12-13)23(20,21)17-10-8-15-9-11-17;/h5-7,12,15H,3-4,8-11H2,1-2H3;1H. The summed E-state index contributed by atoms with van der Waals surface area (Å²) in [6.45, 7) is 6.14. The molecule has 0 radical (unpaired) electrons. The van der Waals surface area contributed by atoms with Crippen molar-refractivity contribution in [1.29, 1.82) is 0 Å². The minimum absolute atomic E-state index is 0. The normalized spacial score (nSPS) is 16.8. The molecule has 138 valence electrons. The second-order valence-electron chi connectivity index (χ2n) is 5.22. The van der Waals surface area contributed by atoms with Crippen molar-refractivity contribution >= 4 is 32.5 Å². The van der Waals surface area contributed by atoms with Crippen LogP contribution in [0, 0.1) is 0 Å². The number of benzene rings is 1. The van der Waals surface area contributed by atoms with E-state index < -0.39 is 20.0 Å². The van der Waals surface area contributed by atoms with Crippen LogP contribution in [-0.4, -0.2) is 64.7 Å². The summed E-state index contributed by atoms with van der Waals surface area (Å²) in [5, 5.41) is 3.10. The highest BCUT2D eigenvalue weighted by atomic mass is 35.5. The average Bonchev–Trinajstić information content (AvgIpc) is 2.56. The molecule has 1 aliphatic heterocycles. The lowest BCUT2D eigenvalue weighted by Gasteiger charge is -2.27. The van der Waals surface area contributed by atoms with E-state index in [-0.39, 0.29) is 22.2 Å². The van der Waals surface area contributed by atoms with Gasteiger partial charge in [-0.05, 0) is 18.2 Å². The van der Waals surface area contributed by atoms with Gasteiger partial charge in [0.1, 0.15) is 0 Å². The maximum Gasteiger partial charge on any atom is 0.243 e. The molecule has 0 spiro atoms. The van der Waals surface area contributed by atoms with Crippen molar-refractivity contribution in [2.24, 2.45) is 0 Å². The fourth-order valence-corrected chi connectivity index (χ4v) is 5.61. The van der Waals surface area contributed by atoms with Gasteiger partial charge in [-0.3, -0.25) is 0 Å². The predicted molar refractivity (Wildman–Crippen MR) is 95.4 cm³/mol. The van der Waals surface area contributed by atoms with Crippen molar-refractivity contribution in [1.82, 2.24) is 13.9 Å². The van der Waals surface area contributed by atoms with Gasteiger partial charge in [0.25, 0.3) is 0 Å². The Hall–Kier alpha value is -0.710. The van der Waals surface area contributed by atoms with E-state index in [2.05, 4.69) is 5.32 Å². The Labute approximate surface area is 150 Å². The predicted octanol–water partition coefficient (Wildman–Crippen LogP) is 0.733. The number of piperazine rings is 1. The maximum absolute atomic E-state index is 12.7. The average molecular weight is 398 g/mol. The summed E-state index contributed by atoms with van der Waals surface area (Å²) in [4.78, 5) is 0.0324. The molecule has 2 rings (SSSR count). The highest BCUT2D eigenvalue weighted by Crippen LogP contribution is 2.22. The van der Waals surface area contributed by atoms with Gasteiger partial charge < -0.3 is 5.32 Å². The maximum atomic E-state index is 12.7. The van der Waals surface area contributed by atoms with Crippen LogP contribution < -0.4 is 5.32 Å². The number of nitrogens with zero attached hydrogens (tertiary/aromatic N) is 2. The highest BCUT2D eigenvalue weighted by Gasteiger charge is 2.28. The first-order chi connectivity index (χ1) is 10.8. The number of sulfonamides is 2. The van der Waals surface area contributed by atoms with Crippen LogP contribution in [0.4, 0.5) is 0 Å². The van der Waals surface area contributed by atoms with E-state index in [0.717, 1.165) is 0 Å². The first-order valence-corrected chi connectivity index (χ1v) is 10.5. The second-order valence-corrected chi connectivity index (χ2v) is 9.09. The van der Waals surface area contributed by atoms with E-state index in [1.165, 1.54) is 32.9 Å². The molecule has 10 heteroatoms. The summed E-state index contributed by atoms with van der Waals surface area (Å²) in [5.41, 5.74) is 0. The number of hydrogen-bond donors (Lipinski definition) is 1. The zero-order valence-corrected chi connectivity index (χ0v) is 16.3. The summed E-state index contributed by atoms with van der Waals surface area (Å²) in [6, 6.07) is 5.61. The molecule has 0 amide bonds. The first kappa shape index (κ1) is 21.3. The van der Waals surface area contributed by atoms with Gasteiger partial charge in [-0.15, -0.1) is 12.4 Å². The molecular weight excluding hydrogens is 374 g/mol. The molecular formula is C14H24ClN3O4S2. The molecule has 1 fully saturated rings. The summed E-state index contributed by atoms with van der Waals surface area (Å²) in [7, 11) is -7.35. The fourth-order valence-electron chi connectivity index (χ4n) is 2.54. The Balaban J connectivity index is 0.00000288. The Morgan fingerprint density at radius 3 is 2.12 bits per heavy atom. The Bertz CT molecular complexity index is 743. The minimum atomic E-state index is -3.68. The van der Waals surface area contributed by atoms with Crippen LogP contribution in [-0.2, 0) is 20.0 Å². The number of nitrogens with one attached hydrogen (secondary N) is 1. The van der Waals surface area contributed by atoms with Gasteiger partial charge in [0.15, 0.2) is 0 Å². The van der Waals surface area contributed by atoms with Gasteiger partial charge in [-0.1, -0.05) is 19.9 Å². The topological polar surface area (TPSA) is 86.8 Å². The van der Waals surface area contributed by atoms with Crippen LogP contribution >= 0.6 is 12.4 Å². The Morgan fingerprint density at radius 2 is 1.58 bits per heavy atom. The van der Waals surface area contributed by atoms with E-state index in [1.54, 1.807) is 13.8 Å². The van der Waals surface area contributed by atoms with E-state index >= 15 is 0 Å². The molecule has 0 aromatic heterocycles. The van der Waals surface area contributed by atoms with Crippen LogP contribution in [0.2, 0.25) is 0 Å². The van der Waals surface area contributed by atoms with Gasteiger partial charge in [-0.25, -0.2) is 16.8 Å².